The molecule has 4 nitrogen and oxygen atoms in total. The van der Waals surface area contributed by atoms with Crippen LogP contribution in [0.5, 0.6) is 0 Å². The van der Waals surface area contributed by atoms with Crippen LogP contribution in [0.4, 0.5) is 0 Å². The van der Waals surface area contributed by atoms with Gasteiger partial charge in [0.15, 0.2) is 0 Å². The van der Waals surface area contributed by atoms with Crippen molar-refractivity contribution in [3.63, 3.8) is 0 Å². The Morgan fingerprint density at radius 2 is 1.85 bits per heavy atom. The van der Waals surface area contributed by atoms with E-state index in [1.807, 2.05) is 0 Å². The zero-order chi connectivity index (χ0) is 9.90. The van der Waals surface area contributed by atoms with Gasteiger partial charge < -0.3 is 5.73 Å². The highest BCUT2D eigenvalue weighted by atomic mass is 35.5. The van der Waals surface area contributed by atoms with Crippen LogP contribution in [0.1, 0.15) is 10.9 Å². The van der Waals surface area contributed by atoms with Crippen LogP contribution in [-0.4, -0.2) is 8.42 Å². The zero-order valence-corrected chi connectivity index (χ0v) is 8.22. The van der Waals surface area contributed by atoms with Gasteiger partial charge >= 0.3 is 0 Å². The molecule has 0 saturated carbocycles. The van der Waals surface area contributed by atoms with Crippen molar-refractivity contribution in [1.29, 1.82) is 0 Å². The van der Waals surface area contributed by atoms with Crippen LogP contribution in [0.3, 0.4) is 0 Å². The van der Waals surface area contributed by atoms with Gasteiger partial charge in [-0.1, -0.05) is 30.3 Å². The summed E-state index contributed by atoms with van der Waals surface area (Å²) in [5.41, 5.74) is 5.94. The molecular weight excluding hydrogens is 212 g/mol. The Morgan fingerprint density at radius 1 is 1.31 bits per heavy atom. The van der Waals surface area contributed by atoms with Crippen molar-refractivity contribution in [2.45, 2.75) is 5.37 Å². The standard InChI is InChI=1S/C7H9ClN2O2S/c8-10-13(11,12)7(9)6-4-2-1-3-5-6/h1-5,7,10H,9H2. The number of sulfonamides is 1. The molecule has 13 heavy (non-hydrogen) atoms. The van der Waals surface area contributed by atoms with Crippen LogP contribution in [0.2, 0.25) is 0 Å². The van der Waals surface area contributed by atoms with E-state index in [-0.39, 0.29) is 0 Å². The average Bonchev–Trinajstić information content (AvgIpc) is 2.18. The molecule has 1 rings (SSSR count). The second-order valence-corrected chi connectivity index (χ2v) is 4.67. The normalized spacial score (nSPS) is 14.0. The van der Waals surface area contributed by atoms with Gasteiger partial charge in [-0.05, 0) is 17.3 Å². The molecule has 0 aliphatic heterocycles. The third-order valence-electron chi connectivity index (χ3n) is 1.57. The largest absolute Gasteiger partial charge is 0.310 e. The van der Waals surface area contributed by atoms with E-state index in [0.29, 0.717) is 5.56 Å². The molecule has 1 atom stereocenters. The number of rotatable bonds is 3. The van der Waals surface area contributed by atoms with Gasteiger partial charge in [-0.25, -0.2) is 8.42 Å². The van der Waals surface area contributed by atoms with Crippen molar-refractivity contribution in [3.05, 3.63) is 35.9 Å². The van der Waals surface area contributed by atoms with Crippen LogP contribution in [0.15, 0.2) is 30.3 Å². The molecule has 0 aliphatic carbocycles. The molecule has 1 aromatic rings. The fraction of sp³-hybridized carbons (Fsp3) is 0.143. The fourth-order valence-corrected chi connectivity index (χ4v) is 1.77. The molecule has 0 heterocycles. The van der Waals surface area contributed by atoms with Crippen molar-refractivity contribution in [3.8, 4) is 0 Å². The molecule has 0 aliphatic rings. The number of benzene rings is 1. The minimum atomic E-state index is -3.66. The highest BCUT2D eigenvalue weighted by molar-refractivity contribution is 7.90. The predicted molar refractivity (Wildman–Crippen MR) is 51.3 cm³/mol. The quantitative estimate of drug-likeness (QED) is 0.738. The Labute approximate surface area is 81.9 Å². The summed E-state index contributed by atoms with van der Waals surface area (Å²) in [4.78, 5) is 0. The maximum Gasteiger partial charge on any atom is 0.245 e. The summed E-state index contributed by atoms with van der Waals surface area (Å²) in [5, 5.41) is -1.13. The van der Waals surface area contributed by atoms with Gasteiger partial charge in [0.05, 0.1) is 0 Å². The minimum Gasteiger partial charge on any atom is -0.310 e. The first kappa shape index (κ1) is 10.5. The Morgan fingerprint density at radius 3 is 2.31 bits per heavy atom. The lowest BCUT2D eigenvalue weighted by molar-refractivity contribution is 0.581. The maximum atomic E-state index is 11.1. The highest BCUT2D eigenvalue weighted by Gasteiger charge is 2.21. The van der Waals surface area contributed by atoms with Gasteiger partial charge in [0.25, 0.3) is 0 Å². The number of nitrogens with two attached hydrogens (primary N) is 1. The Bertz CT molecular complexity index is 365. The molecule has 1 aromatic carbocycles. The van der Waals surface area contributed by atoms with E-state index in [0.717, 1.165) is 0 Å². The van der Waals surface area contributed by atoms with Gasteiger partial charge in [0.2, 0.25) is 10.0 Å². The third-order valence-corrected chi connectivity index (χ3v) is 3.37. The van der Waals surface area contributed by atoms with Crippen molar-refractivity contribution in [2.24, 2.45) is 5.73 Å². The first-order valence-corrected chi connectivity index (χ1v) is 5.42. The lowest BCUT2D eigenvalue weighted by atomic mass is 10.2. The number of hydrogen-bond donors (Lipinski definition) is 2. The van der Waals surface area contributed by atoms with Crippen molar-refractivity contribution >= 4 is 21.8 Å². The summed E-state index contributed by atoms with van der Waals surface area (Å²) in [6, 6.07) is 8.43. The first-order chi connectivity index (χ1) is 6.08. The molecule has 0 spiro atoms. The van der Waals surface area contributed by atoms with Crippen molar-refractivity contribution < 1.29 is 8.42 Å². The first-order valence-electron chi connectivity index (χ1n) is 3.49. The molecule has 1 unspecified atom stereocenters. The molecule has 72 valence electrons. The van der Waals surface area contributed by atoms with E-state index in [2.05, 4.69) is 0 Å². The topological polar surface area (TPSA) is 72.2 Å². The second-order valence-electron chi connectivity index (χ2n) is 2.45. The van der Waals surface area contributed by atoms with E-state index in [9.17, 15) is 8.42 Å². The molecule has 0 aromatic heterocycles. The maximum absolute atomic E-state index is 11.1. The summed E-state index contributed by atoms with van der Waals surface area (Å²) in [6.45, 7) is 0. The SMILES string of the molecule is NC(c1ccccc1)S(=O)(=O)NCl. The molecule has 0 fully saturated rings. The van der Waals surface area contributed by atoms with Gasteiger partial charge in [0.1, 0.15) is 5.37 Å². The van der Waals surface area contributed by atoms with Gasteiger partial charge in [-0.2, -0.15) is 0 Å². The summed E-state index contributed by atoms with van der Waals surface area (Å²) >= 11 is 5.02. The van der Waals surface area contributed by atoms with E-state index in [1.165, 1.54) is 0 Å². The van der Waals surface area contributed by atoms with Crippen LogP contribution in [0.25, 0.3) is 0 Å². The van der Waals surface area contributed by atoms with E-state index in [4.69, 9.17) is 17.5 Å². The Hall–Kier alpha value is -0.620. The van der Waals surface area contributed by atoms with Crippen molar-refractivity contribution in [1.82, 2.24) is 4.24 Å². The number of halogens is 1. The van der Waals surface area contributed by atoms with E-state index < -0.39 is 15.4 Å². The third kappa shape index (κ3) is 2.41. The monoisotopic (exact) mass is 220 g/mol. The molecule has 0 amide bonds. The van der Waals surface area contributed by atoms with Crippen LogP contribution in [0, 0.1) is 0 Å². The van der Waals surface area contributed by atoms with Gasteiger partial charge in [-0.15, -0.1) is 4.24 Å². The fourth-order valence-electron chi connectivity index (χ4n) is 0.870. The zero-order valence-electron chi connectivity index (χ0n) is 6.64. The van der Waals surface area contributed by atoms with E-state index >= 15 is 0 Å². The average molecular weight is 221 g/mol. The van der Waals surface area contributed by atoms with Gasteiger partial charge in [-0.3, -0.25) is 0 Å². The number of nitrogens with one attached hydrogen (secondary N) is 1. The highest BCUT2D eigenvalue weighted by Crippen LogP contribution is 2.14. The minimum absolute atomic E-state index is 0.496. The molecule has 0 radical (unpaired) electrons. The summed E-state index contributed by atoms with van der Waals surface area (Å²) in [7, 11) is -3.66. The summed E-state index contributed by atoms with van der Waals surface area (Å²) in [6.07, 6.45) is 0. The Kier molecular flexibility index (Phi) is 3.27. The van der Waals surface area contributed by atoms with Crippen molar-refractivity contribution in [2.75, 3.05) is 0 Å². The second kappa shape index (κ2) is 4.06. The lowest BCUT2D eigenvalue weighted by Gasteiger charge is -2.10. The molecule has 3 N–H and O–H groups in total. The number of hydrogen-bond acceptors (Lipinski definition) is 3. The molecule has 0 saturated heterocycles. The summed E-state index contributed by atoms with van der Waals surface area (Å²) in [5.74, 6) is 0. The Balaban J connectivity index is 2.99. The van der Waals surface area contributed by atoms with E-state index in [1.54, 1.807) is 34.6 Å². The molecular formula is C7H9ClN2O2S. The predicted octanol–water partition coefficient (Wildman–Crippen LogP) is 0.717. The lowest BCUT2D eigenvalue weighted by Crippen LogP contribution is -2.28. The molecule has 0 bridgehead atoms. The van der Waals surface area contributed by atoms with Crippen LogP contribution >= 0.6 is 11.8 Å². The smallest absolute Gasteiger partial charge is 0.245 e. The van der Waals surface area contributed by atoms with Gasteiger partial charge in [0, 0.05) is 0 Å². The molecule has 6 heteroatoms. The van der Waals surface area contributed by atoms with Crippen LogP contribution < -0.4 is 9.97 Å². The summed E-state index contributed by atoms with van der Waals surface area (Å²) < 4.78 is 23.9. The van der Waals surface area contributed by atoms with Crippen LogP contribution in [-0.2, 0) is 10.0 Å².